The number of aliphatic hydroxyl groups excluding tert-OH is 1. The molecule has 17 heteroatoms. The van der Waals surface area contributed by atoms with Gasteiger partial charge in [0.05, 0.1) is 39.2 Å². The summed E-state index contributed by atoms with van der Waals surface area (Å²) in [6.07, 6.45) is -6.59. The van der Waals surface area contributed by atoms with Crippen LogP contribution in [0.1, 0.15) is 17.5 Å². The lowest BCUT2D eigenvalue weighted by atomic mass is 9.80. The van der Waals surface area contributed by atoms with Crippen molar-refractivity contribution in [2.75, 3.05) is 46.3 Å². The van der Waals surface area contributed by atoms with Gasteiger partial charge in [-0.05, 0) is 48.9 Å². The number of amides is 2. The monoisotopic (exact) mass is 713 g/mol. The van der Waals surface area contributed by atoms with E-state index in [0.29, 0.717) is 10.1 Å². The van der Waals surface area contributed by atoms with Crippen molar-refractivity contribution in [3.8, 4) is 23.0 Å². The maximum Gasteiger partial charge on any atom is 0.573 e. The van der Waals surface area contributed by atoms with Gasteiger partial charge in [-0.1, -0.05) is 11.6 Å². The first-order valence-corrected chi connectivity index (χ1v) is 16.0. The second-order valence-corrected chi connectivity index (χ2v) is 13.4. The molecule has 0 radical (unpaired) electrons. The van der Waals surface area contributed by atoms with Crippen LogP contribution in [-0.4, -0.2) is 95.6 Å². The van der Waals surface area contributed by atoms with E-state index >= 15 is 4.79 Å². The molecule has 1 unspecified atom stereocenters. The molecule has 1 N–H and O–H groups in total. The van der Waals surface area contributed by atoms with E-state index in [1.54, 1.807) is 0 Å². The average Bonchev–Trinajstić information content (AvgIpc) is 3.53. The summed E-state index contributed by atoms with van der Waals surface area (Å²) in [4.78, 5) is 30.5. The Hall–Kier alpha value is -4.25. The molecule has 1 saturated heterocycles. The lowest BCUT2D eigenvalue weighted by molar-refractivity contribution is -0.275. The molecule has 3 atom stereocenters. The third kappa shape index (κ3) is 5.76. The van der Waals surface area contributed by atoms with Gasteiger partial charge in [0, 0.05) is 48.9 Å². The number of β-amino-alcohol motifs (C(OH)–C–C–N with tert-alkyl or cyclic N) is 1. The Morgan fingerprint density at radius 1 is 0.958 bits per heavy atom. The van der Waals surface area contributed by atoms with Crippen molar-refractivity contribution in [1.82, 2.24) is 9.80 Å². The Bertz CT molecular complexity index is 1880. The summed E-state index contributed by atoms with van der Waals surface area (Å²) in [6, 6.07) is 9.72. The third-order valence-corrected chi connectivity index (χ3v) is 10.2. The summed E-state index contributed by atoms with van der Waals surface area (Å²) in [6.45, 7) is -0.296. The summed E-state index contributed by atoms with van der Waals surface area (Å²) in [7, 11) is 1.59. The Morgan fingerprint density at radius 2 is 1.58 bits per heavy atom. The van der Waals surface area contributed by atoms with Gasteiger partial charge in [-0.25, -0.2) is 12.7 Å². The van der Waals surface area contributed by atoms with E-state index in [-0.39, 0.29) is 46.3 Å². The maximum atomic E-state index is 15.3. The first-order chi connectivity index (χ1) is 22.5. The highest BCUT2D eigenvalue weighted by molar-refractivity contribution is 7.93. The number of methoxy groups -OCH3 is 3. The van der Waals surface area contributed by atoms with Crippen LogP contribution in [0.4, 0.5) is 18.9 Å². The highest BCUT2D eigenvalue weighted by atomic mass is 35.5. The minimum Gasteiger partial charge on any atom is -0.497 e. The minimum absolute atomic E-state index is 0.0375. The quantitative estimate of drug-likeness (QED) is 0.349. The fourth-order valence-electron chi connectivity index (χ4n) is 6.22. The number of carbonyl (C=O) groups excluding carboxylic acids is 2. The topological polar surface area (TPSA) is 135 Å². The number of halogens is 4. The molecule has 258 valence electrons. The molecule has 48 heavy (non-hydrogen) atoms. The average molecular weight is 714 g/mol. The molecule has 0 spiro atoms. The normalized spacial score (nSPS) is 21.2. The van der Waals surface area contributed by atoms with Crippen LogP contribution in [0.5, 0.6) is 23.0 Å². The molecule has 5 rings (SSSR count). The smallest absolute Gasteiger partial charge is 0.497 e. The van der Waals surface area contributed by atoms with Crippen molar-refractivity contribution >= 4 is 39.1 Å². The number of nitrogens with zero attached hydrogens (tertiary/aromatic N) is 3. The highest BCUT2D eigenvalue weighted by Crippen LogP contribution is 2.55. The second kappa shape index (κ2) is 12.7. The van der Waals surface area contributed by atoms with E-state index in [9.17, 15) is 31.5 Å². The van der Waals surface area contributed by atoms with E-state index in [1.807, 2.05) is 0 Å². The third-order valence-electron chi connectivity index (χ3n) is 8.19. The Morgan fingerprint density at radius 3 is 2.17 bits per heavy atom. The van der Waals surface area contributed by atoms with Crippen molar-refractivity contribution in [3.63, 3.8) is 0 Å². The Labute approximate surface area is 279 Å². The van der Waals surface area contributed by atoms with Gasteiger partial charge in [0.2, 0.25) is 5.91 Å². The molecule has 0 aliphatic carbocycles. The van der Waals surface area contributed by atoms with Crippen LogP contribution < -0.4 is 23.3 Å². The molecule has 12 nitrogen and oxygen atoms in total. The number of benzene rings is 3. The van der Waals surface area contributed by atoms with E-state index in [0.717, 1.165) is 25.3 Å². The molecule has 3 aromatic carbocycles. The first-order valence-electron chi connectivity index (χ1n) is 14.2. The standard InChI is InChI=1S/C31H31ClF3N3O9S/c1-36(2)28(40)24-13-18(39)16-37(24)30(21-9-7-19(44-3)14-25(21)46-5)22-12-17(32)6-10-23(22)38(29(30)41)48(42,43)27-11-8-20(45-4)15-26(27)47-31(33,34)35/h6-12,14-15,18,24,39H,13,16H2,1-5H3/t18-,24+,30?/m1/s1. The molecular formula is C31H31ClF3N3O9S. The predicted octanol–water partition coefficient (Wildman–Crippen LogP) is 3.77. The van der Waals surface area contributed by atoms with Gasteiger partial charge >= 0.3 is 6.36 Å². The number of hydrogen-bond donors (Lipinski definition) is 1. The molecule has 3 aromatic rings. The summed E-state index contributed by atoms with van der Waals surface area (Å²) in [5, 5.41) is 11.0. The maximum absolute atomic E-state index is 15.3. The van der Waals surface area contributed by atoms with Crippen LogP contribution in [0.15, 0.2) is 59.5 Å². The number of hydrogen-bond acceptors (Lipinski definition) is 10. The van der Waals surface area contributed by atoms with Crippen LogP contribution in [0.2, 0.25) is 5.02 Å². The van der Waals surface area contributed by atoms with E-state index in [1.165, 1.54) is 74.5 Å². The van der Waals surface area contributed by atoms with E-state index < -0.39 is 56.5 Å². The Kier molecular flexibility index (Phi) is 9.24. The lowest BCUT2D eigenvalue weighted by Gasteiger charge is -2.42. The Balaban J connectivity index is 1.87. The molecule has 2 amide bonds. The lowest BCUT2D eigenvalue weighted by Crippen LogP contribution is -2.59. The fourth-order valence-corrected chi connectivity index (χ4v) is 7.96. The van der Waals surface area contributed by atoms with Gasteiger partial charge in [0.25, 0.3) is 15.9 Å². The number of ether oxygens (including phenoxy) is 4. The molecule has 0 saturated carbocycles. The van der Waals surface area contributed by atoms with Crippen molar-refractivity contribution in [2.24, 2.45) is 0 Å². The molecular weight excluding hydrogens is 683 g/mol. The number of aliphatic hydroxyl groups is 1. The van der Waals surface area contributed by atoms with Crippen molar-refractivity contribution in [1.29, 1.82) is 0 Å². The number of alkyl halides is 3. The summed E-state index contributed by atoms with van der Waals surface area (Å²) in [5.74, 6) is -2.67. The van der Waals surface area contributed by atoms with Crippen LogP contribution in [0.3, 0.4) is 0 Å². The molecule has 2 aliphatic rings. The number of sulfonamides is 1. The van der Waals surface area contributed by atoms with Gasteiger partial charge in [0.1, 0.15) is 22.1 Å². The van der Waals surface area contributed by atoms with Crippen LogP contribution in [0, 0.1) is 0 Å². The largest absolute Gasteiger partial charge is 0.573 e. The van der Waals surface area contributed by atoms with Crippen LogP contribution in [0.25, 0.3) is 0 Å². The molecule has 0 aromatic heterocycles. The van der Waals surface area contributed by atoms with Crippen LogP contribution in [-0.2, 0) is 25.2 Å². The fraction of sp³-hybridized carbons (Fsp3) is 0.355. The number of likely N-dealkylation sites (tertiary alicyclic amines) is 1. The van der Waals surface area contributed by atoms with Crippen molar-refractivity contribution in [2.45, 2.75) is 35.4 Å². The highest BCUT2D eigenvalue weighted by Gasteiger charge is 2.64. The number of rotatable bonds is 9. The molecule has 2 heterocycles. The first kappa shape index (κ1) is 35.1. The van der Waals surface area contributed by atoms with Crippen molar-refractivity contribution < 1.29 is 55.2 Å². The van der Waals surface area contributed by atoms with Crippen LogP contribution >= 0.6 is 11.6 Å². The van der Waals surface area contributed by atoms with Gasteiger partial charge < -0.3 is 29.0 Å². The van der Waals surface area contributed by atoms with Gasteiger partial charge in [-0.2, -0.15) is 0 Å². The second-order valence-electron chi connectivity index (χ2n) is 11.2. The van der Waals surface area contributed by atoms with Gasteiger partial charge in [0.15, 0.2) is 11.3 Å². The summed E-state index contributed by atoms with van der Waals surface area (Å²) < 4.78 is 90.3. The SMILES string of the molecule is COc1ccc(C2(N3C[C@H](O)C[C@H]3C(=O)N(C)C)C(=O)N(S(=O)(=O)c3ccc(OC)cc3OC(F)(F)F)c3ccc(Cl)cc32)c(OC)c1. The van der Waals surface area contributed by atoms with Crippen molar-refractivity contribution in [3.05, 3.63) is 70.7 Å². The minimum atomic E-state index is -5.32. The summed E-state index contributed by atoms with van der Waals surface area (Å²) in [5.41, 5.74) is -2.50. The number of carbonyl (C=O) groups is 2. The molecule has 2 aliphatic heterocycles. The zero-order valence-electron chi connectivity index (χ0n) is 26.2. The van der Waals surface area contributed by atoms with Gasteiger partial charge in [-0.15, -0.1) is 13.2 Å². The molecule has 0 bridgehead atoms. The van der Waals surface area contributed by atoms with E-state index in [2.05, 4.69) is 4.74 Å². The zero-order valence-corrected chi connectivity index (χ0v) is 27.8. The van der Waals surface area contributed by atoms with Gasteiger partial charge in [-0.3, -0.25) is 14.5 Å². The molecule has 1 fully saturated rings. The summed E-state index contributed by atoms with van der Waals surface area (Å²) >= 11 is 6.47. The van der Waals surface area contributed by atoms with E-state index in [4.69, 9.17) is 25.8 Å². The predicted molar refractivity (Wildman–Crippen MR) is 166 cm³/mol. The number of likely N-dealkylation sites (N-methyl/N-ethyl adjacent to an activating group) is 1. The zero-order chi connectivity index (χ0) is 35.3. The number of anilines is 1. The number of fused-ring (bicyclic) bond motifs is 1.